The molecule has 1 fully saturated rings. The fourth-order valence-electron chi connectivity index (χ4n) is 3.62. The number of aromatic nitrogens is 4. The molecule has 2 aromatic heterocycles. The zero-order chi connectivity index (χ0) is 23.5. The minimum Gasteiger partial charge on any atom is -0.497 e. The van der Waals surface area contributed by atoms with Crippen LogP contribution in [-0.2, 0) is 23.6 Å². The fourth-order valence-corrected chi connectivity index (χ4v) is 4.46. The number of hydrogen-bond acceptors (Lipinski definition) is 8. The second-order valence-electron chi connectivity index (χ2n) is 7.71. The number of rotatable bonds is 7. The van der Waals surface area contributed by atoms with Crippen LogP contribution in [0.15, 0.2) is 38.9 Å². The molecule has 11 heteroatoms. The van der Waals surface area contributed by atoms with Gasteiger partial charge in [0.25, 0.3) is 5.56 Å². The summed E-state index contributed by atoms with van der Waals surface area (Å²) in [6.45, 7) is 1.18. The van der Waals surface area contributed by atoms with Crippen molar-refractivity contribution in [1.82, 2.24) is 24.4 Å². The number of nitrogens with zero attached hydrogens (tertiary/aromatic N) is 4. The Kier molecular flexibility index (Phi) is 6.80. The van der Waals surface area contributed by atoms with Crippen molar-refractivity contribution in [2.24, 2.45) is 14.1 Å². The molecular formula is C22H25N5O5S. The molecule has 0 saturated carbocycles. The van der Waals surface area contributed by atoms with Crippen molar-refractivity contribution in [3.8, 4) is 17.1 Å². The summed E-state index contributed by atoms with van der Waals surface area (Å²) < 4.78 is 13.1. The molecule has 1 unspecified atom stereocenters. The van der Waals surface area contributed by atoms with Crippen LogP contribution in [0.3, 0.4) is 0 Å². The fraction of sp³-hybridized carbons (Fsp3) is 0.409. The van der Waals surface area contributed by atoms with Crippen LogP contribution in [0.5, 0.6) is 5.75 Å². The first-order chi connectivity index (χ1) is 15.9. The van der Waals surface area contributed by atoms with Crippen molar-refractivity contribution in [3.63, 3.8) is 0 Å². The molecule has 4 rings (SSSR count). The number of thioether (sulfide) groups is 1. The standard InChI is InChI=1S/C22H25N5O5S/c1-26-19-17(21(29)27(2)22(26)30)20(33-12-16(28)23-11-15-5-4-10-32-15)25-18(24-19)13-6-8-14(31-3)9-7-13/h6-9,15H,4-5,10-12H2,1-3H3,(H,23,28). The van der Waals surface area contributed by atoms with Crippen LogP contribution in [0.25, 0.3) is 22.4 Å². The molecule has 1 aliphatic rings. The first-order valence-electron chi connectivity index (χ1n) is 10.5. The Hall–Kier alpha value is -3.18. The third kappa shape index (κ3) is 4.79. The topological polar surface area (TPSA) is 117 Å². The van der Waals surface area contributed by atoms with Crippen molar-refractivity contribution in [2.75, 3.05) is 26.0 Å². The first-order valence-corrected chi connectivity index (χ1v) is 11.5. The van der Waals surface area contributed by atoms with E-state index in [1.54, 1.807) is 38.4 Å². The van der Waals surface area contributed by atoms with Gasteiger partial charge in [-0.2, -0.15) is 0 Å². The number of carbonyl (C=O) groups is 1. The van der Waals surface area contributed by atoms with Crippen molar-refractivity contribution < 1.29 is 14.3 Å². The van der Waals surface area contributed by atoms with Crippen LogP contribution in [0.4, 0.5) is 0 Å². The van der Waals surface area contributed by atoms with Gasteiger partial charge in [-0.15, -0.1) is 0 Å². The van der Waals surface area contributed by atoms with Gasteiger partial charge in [0, 0.05) is 32.8 Å². The zero-order valence-corrected chi connectivity index (χ0v) is 19.5. The predicted molar refractivity (Wildman–Crippen MR) is 125 cm³/mol. The monoisotopic (exact) mass is 471 g/mol. The quantitative estimate of drug-likeness (QED) is 0.402. The third-order valence-electron chi connectivity index (χ3n) is 5.51. The lowest BCUT2D eigenvalue weighted by atomic mass is 10.2. The average Bonchev–Trinajstić information content (AvgIpc) is 3.37. The van der Waals surface area contributed by atoms with Crippen molar-refractivity contribution in [2.45, 2.75) is 24.0 Å². The Balaban J connectivity index is 1.69. The Morgan fingerprint density at radius 3 is 2.64 bits per heavy atom. The Morgan fingerprint density at radius 1 is 1.21 bits per heavy atom. The maximum atomic E-state index is 12.9. The summed E-state index contributed by atoms with van der Waals surface area (Å²) in [7, 11) is 4.54. The van der Waals surface area contributed by atoms with Gasteiger partial charge in [0.1, 0.15) is 16.2 Å². The molecule has 1 aromatic carbocycles. The number of ether oxygens (including phenoxy) is 2. The molecule has 174 valence electrons. The highest BCUT2D eigenvalue weighted by Crippen LogP contribution is 2.27. The number of methoxy groups -OCH3 is 1. The number of hydrogen-bond donors (Lipinski definition) is 1. The van der Waals surface area contributed by atoms with E-state index in [0.717, 1.165) is 35.8 Å². The van der Waals surface area contributed by atoms with Crippen LogP contribution in [0, 0.1) is 0 Å². The predicted octanol–water partition coefficient (Wildman–Crippen LogP) is 1.09. The third-order valence-corrected chi connectivity index (χ3v) is 6.48. The Bertz CT molecular complexity index is 1300. The lowest BCUT2D eigenvalue weighted by Gasteiger charge is -2.13. The van der Waals surface area contributed by atoms with Gasteiger partial charge in [0.05, 0.1) is 19.0 Å². The summed E-state index contributed by atoms with van der Waals surface area (Å²) in [5.74, 6) is 0.899. The number of amides is 1. The molecule has 3 heterocycles. The second kappa shape index (κ2) is 9.75. The molecule has 0 bridgehead atoms. The lowest BCUT2D eigenvalue weighted by Crippen LogP contribution is -2.38. The van der Waals surface area contributed by atoms with Crippen LogP contribution >= 0.6 is 11.8 Å². The van der Waals surface area contributed by atoms with Gasteiger partial charge in [0.2, 0.25) is 5.91 Å². The van der Waals surface area contributed by atoms with E-state index in [9.17, 15) is 14.4 Å². The van der Waals surface area contributed by atoms with Crippen LogP contribution in [0.1, 0.15) is 12.8 Å². The molecule has 1 aliphatic heterocycles. The highest BCUT2D eigenvalue weighted by molar-refractivity contribution is 8.00. The summed E-state index contributed by atoms with van der Waals surface area (Å²) in [4.78, 5) is 46.9. The van der Waals surface area contributed by atoms with Crippen LogP contribution in [-0.4, -0.2) is 57.1 Å². The molecule has 10 nitrogen and oxygen atoms in total. The largest absolute Gasteiger partial charge is 0.497 e. The highest BCUT2D eigenvalue weighted by atomic mass is 32.2. The molecule has 33 heavy (non-hydrogen) atoms. The lowest BCUT2D eigenvalue weighted by molar-refractivity contribution is -0.119. The number of aryl methyl sites for hydroxylation is 1. The van der Waals surface area contributed by atoms with E-state index in [2.05, 4.69) is 15.3 Å². The van der Waals surface area contributed by atoms with Gasteiger partial charge in [-0.3, -0.25) is 18.7 Å². The minimum absolute atomic E-state index is 0.0438. The SMILES string of the molecule is COc1ccc(-c2nc(SCC(=O)NCC3CCCO3)c3c(=O)n(C)c(=O)n(C)c3n2)cc1. The van der Waals surface area contributed by atoms with Gasteiger partial charge in [-0.25, -0.2) is 14.8 Å². The summed E-state index contributed by atoms with van der Waals surface area (Å²) in [5, 5.41) is 3.41. The summed E-state index contributed by atoms with van der Waals surface area (Å²) >= 11 is 1.14. The average molecular weight is 472 g/mol. The van der Waals surface area contributed by atoms with Crippen molar-refractivity contribution >= 4 is 28.7 Å². The molecule has 1 N–H and O–H groups in total. The maximum Gasteiger partial charge on any atom is 0.332 e. The first kappa shape index (κ1) is 23.0. The van der Waals surface area contributed by atoms with Gasteiger partial charge in [-0.1, -0.05) is 11.8 Å². The number of carbonyl (C=O) groups excluding carboxylic acids is 1. The molecular weight excluding hydrogens is 446 g/mol. The van der Waals surface area contributed by atoms with E-state index in [4.69, 9.17) is 9.47 Å². The van der Waals surface area contributed by atoms with E-state index >= 15 is 0 Å². The molecule has 1 amide bonds. The second-order valence-corrected chi connectivity index (χ2v) is 8.68. The normalized spacial score (nSPS) is 15.7. The molecule has 0 spiro atoms. The summed E-state index contributed by atoms with van der Waals surface area (Å²) in [5.41, 5.74) is -0.0875. The van der Waals surface area contributed by atoms with Gasteiger partial charge < -0.3 is 14.8 Å². The van der Waals surface area contributed by atoms with E-state index in [0.29, 0.717) is 28.7 Å². The number of nitrogens with one attached hydrogen (secondary N) is 1. The summed E-state index contributed by atoms with van der Waals surface area (Å²) in [6.07, 6.45) is 1.97. The molecule has 1 saturated heterocycles. The van der Waals surface area contributed by atoms with Crippen LogP contribution < -0.4 is 21.3 Å². The van der Waals surface area contributed by atoms with Crippen LogP contribution in [0.2, 0.25) is 0 Å². The van der Waals surface area contributed by atoms with Gasteiger partial charge in [0.15, 0.2) is 11.5 Å². The van der Waals surface area contributed by atoms with Gasteiger partial charge in [-0.05, 0) is 37.1 Å². The molecule has 0 aliphatic carbocycles. The smallest absolute Gasteiger partial charge is 0.332 e. The number of fused-ring (bicyclic) bond motifs is 1. The Labute approximate surface area is 193 Å². The van der Waals surface area contributed by atoms with E-state index in [-0.39, 0.29) is 28.8 Å². The molecule has 3 aromatic rings. The van der Waals surface area contributed by atoms with Crippen molar-refractivity contribution in [3.05, 3.63) is 45.1 Å². The van der Waals surface area contributed by atoms with E-state index < -0.39 is 11.2 Å². The highest BCUT2D eigenvalue weighted by Gasteiger charge is 2.20. The van der Waals surface area contributed by atoms with E-state index in [1.807, 2.05) is 0 Å². The van der Waals surface area contributed by atoms with Gasteiger partial charge >= 0.3 is 5.69 Å². The molecule has 1 atom stereocenters. The number of benzene rings is 1. The summed E-state index contributed by atoms with van der Waals surface area (Å²) in [6, 6.07) is 7.14. The zero-order valence-electron chi connectivity index (χ0n) is 18.7. The minimum atomic E-state index is -0.503. The molecule has 0 radical (unpaired) electrons. The maximum absolute atomic E-state index is 12.9. The Morgan fingerprint density at radius 2 is 1.97 bits per heavy atom. The van der Waals surface area contributed by atoms with E-state index in [1.165, 1.54) is 11.6 Å². The van der Waals surface area contributed by atoms with Crippen molar-refractivity contribution in [1.29, 1.82) is 0 Å².